The lowest BCUT2D eigenvalue weighted by atomic mass is 10.0. The first-order valence-electron chi connectivity index (χ1n) is 28.9. The molecule has 0 heterocycles. The highest BCUT2D eigenvalue weighted by atomic mass is 16.6. The maximum Gasteiger partial charge on any atom is 0.306 e. The van der Waals surface area contributed by atoms with Crippen molar-refractivity contribution in [3.05, 3.63) is 109 Å². The van der Waals surface area contributed by atoms with E-state index in [0.717, 1.165) is 135 Å². The van der Waals surface area contributed by atoms with E-state index in [9.17, 15) is 14.4 Å². The molecule has 0 bridgehead atoms. The Morgan fingerprint density at radius 2 is 0.557 bits per heavy atom. The zero-order valence-corrected chi connectivity index (χ0v) is 45.5. The van der Waals surface area contributed by atoms with Crippen LogP contribution in [-0.4, -0.2) is 37.2 Å². The molecule has 0 amide bonds. The molecule has 0 saturated heterocycles. The summed E-state index contributed by atoms with van der Waals surface area (Å²) < 4.78 is 16.8. The van der Waals surface area contributed by atoms with Crippen LogP contribution >= 0.6 is 0 Å². The summed E-state index contributed by atoms with van der Waals surface area (Å²) in [4.78, 5) is 38.0. The Hall–Kier alpha value is -3.93. The minimum atomic E-state index is -0.796. The molecule has 0 rings (SSSR count). The van der Waals surface area contributed by atoms with Crippen molar-refractivity contribution in [3.63, 3.8) is 0 Å². The molecule has 0 aliphatic carbocycles. The number of ether oxygens (including phenoxy) is 3. The van der Waals surface area contributed by atoms with Crippen molar-refractivity contribution < 1.29 is 28.6 Å². The van der Waals surface area contributed by atoms with Crippen LogP contribution in [0, 0.1) is 0 Å². The van der Waals surface area contributed by atoms with Gasteiger partial charge in [0, 0.05) is 19.3 Å². The summed E-state index contributed by atoms with van der Waals surface area (Å²) in [5.41, 5.74) is 0. The number of carbonyl (C=O) groups excluding carboxylic acids is 3. The van der Waals surface area contributed by atoms with E-state index < -0.39 is 6.10 Å². The van der Waals surface area contributed by atoms with Crippen LogP contribution in [0.5, 0.6) is 0 Å². The van der Waals surface area contributed by atoms with Crippen molar-refractivity contribution in [2.75, 3.05) is 13.2 Å². The average Bonchev–Trinajstić information content (AvgIpc) is 3.36. The summed E-state index contributed by atoms with van der Waals surface area (Å²) in [5, 5.41) is 0. The fourth-order valence-corrected chi connectivity index (χ4v) is 7.72. The molecule has 398 valence electrons. The molecule has 0 radical (unpaired) electrons. The zero-order chi connectivity index (χ0) is 50.7. The Morgan fingerprint density at radius 3 is 0.900 bits per heavy atom. The van der Waals surface area contributed by atoms with Gasteiger partial charge in [0.1, 0.15) is 13.2 Å². The summed E-state index contributed by atoms with van der Waals surface area (Å²) in [6, 6.07) is 0. The van der Waals surface area contributed by atoms with E-state index in [0.29, 0.717) is 12.8 Å². The Bertz CT molecular complexity index is 1440. The van der Waals surface area contributed by atoms with E-state index in [1.54, 1.807) is 0 Å². The molecule has 6 heteroatoms. The SMILES string of the molecule is CC/C=C\C/C=C\C/C=C\C/C=C\C/C=C\CCCCCCCCCCCCCCCC(=O)OCC(COC(=O)CCCCCCC/C=C\CCC)OC(=O)CCCCC/C=C\C/C=C\C/C=C\CC. The zero-order valence-electron chi connectivity index (χ0n) is 45.5. The third-order valence-corrected chi connectivity index (χ3v) is 12.0. The van der Waals surface area contributed by atoms with Gasteiger partial charge in [0.15, 0.2) is 6.10 Å². The molecule has 0 aliphatic heterocycles. The van der Waals surface area contributed by atoms with Crippen molar-refractivity contribution in [2.24, 2.45) is 0 Å². The first kappa shape index (κ1) is 66.1. The Kier molecular flexibility index (Phi) is 54.4. The lowest BCUT2D eigenvalue weighted by Gasteiger charge is -2.18. The van der Waals surface area contributed by atoms with Crippen molar-refractivity contribution >= 4 is 17.9 Å². The van der Waals surface area contributed by atoms with Crippen LogP contribution in [0.1, 0.15) is 258 Å². The fourth-order valence-electron chi connectivity index (χ4n) is 7.72. The van der Waals surface area contributed by atoms with E-state index in [4.69, 9.17) is 14.2 Å². The minimum Gasteiger partial charge on any atom is -0.462 e. The lowest BCUT2D eigenvalue weighted by Crippen LogP contribution is -2.30. The number of allylic oxidation sites excluding steroid dienone is 18. The largest absolute Gasteiger partial charge is 0.462 e. The number of unbranched alkanes of at least 4 members (excludes halogenated alkanes) is 22. The molecular formula is C64H106O6. The number of esters is 3. The van der Waals surface area contributed by atoms with E-state index in [-0.39, 0.29) is 37.5 Å². The third-order valence-electron chi connectivity index (χ3n) is 12.0. The van der Waals surface area contributed by atoms with Gasteiger partial charge in [-0.05, 0) is 116 Å². The molecule has 0 N–H and O–H groups in total. The third kappa shape index (κ3) is 55.0. The van der Waals surface area contributed by atoms with Crippen LogP contribution in [0.15, 0.2) is 109 Å². The van der Waals surface area contributed by atoms with Gasteiger partial charge in [0.2, 0.25) is 0 Å². The molecular weight excluding hydrogens is 865 g/mol. The van der Waals surface area contributed by atoms with Gasteiger partial charge in [-0.3, -0.25) is 14.4 Å². The van der Waals surface area contributed by atoms with Crippen LogP contribution in [0.4, 0.5) is 0 Å². The molecule has 0 aromatic heterocycles. The fraction of sp³-hybridized carbons (Fsp3) is 0.672. The minimum absolute atomic E-state index is 0.0935. The van der Waals surface area contributed by atoms with Crippen LogP contribution < -0.4 is 0 Å². The van der Waals surface area contributed by atoms with Gasteiger partial charge in [0.05, 0.1) is 0 Å². The lowest BCUT2D eigenvalue weighted by molar-refractivity contribution is -0.167. The topological polar surface area (TPSA) is 78.9 Å². The highest BCUT2D eigenvalue weighted by molar-refractivity contribution is 5.71. The van der Waals surface area contributed by atoms with Crippen molar-refractivity contribution in [2.45, 2.75) is 264 Å². The molecule has 1 unspecified atom stereocenters. The van der Waals surface area contributed by atoms with Gasteiger partial charge >= 0.3 is 17.9 Å². The average molecular weight is 972 g/mol. The van der Waals surface area contributed by atoms with Gasteiger partial charge in [-0.15, -0.1) is 0 Å². The summed E-state index contributed by atoms with van der Waals surface area (Å²) in [7, 11) is 0. The first-order valence-corrected chi connectivity index (χ1v) is 28.9. The highest BCUT2D eigenvalue weighted by Crippen LogP contribution is 2.15. The van der Waals surface area contributed by atoms with Crippen molar-refractivity contribution in [1.82, 2.24) is 0 Å². The van der Waals surface area contributed by atoms with Crippen LogP contribution in [0.2, 0.25) is 0 Å². The van der Waals surface area contributed by atoms with Gasteiger partial charge in [0.25, 0.3) is 0 Å². The highest BCUT2D eigenvalue weighted by Gasteiger charge is 2.19. The molecule has 0 aromatic carbocycles. The van der Waals surface area contributed by atoms with E-state index >= 15 is 0 Å². The molecule has 0 saturated carbocycles. The Morgan fingerprint density at radius 1 is 0.300 bits per heavy atom. The van der Waals surface area contributed by atoms with Crippen LogP contribution in [0.25, 0.3) is 0 Å². The molecule has 0 aliphatic rings. The predicted molar refractivity (Wildman–Crippen MR) is 302 cm³/mol. The molecule has 0 aromatic rings. The normalized spacial score (nSPS) is 12.9. The second-order valence-electron chi connectivity index (χ2n) is 18.8. The Labute approximate surface area is 431 Å². The van der Waals surface area contributed by atoms with E-state index in [1.165, 1.54) is 83.5 Å². The molecule has 70 heavy (non-hydrogen) atoms. The molecule has 0 spiro atoms. The standard InChI is InChI=1S/C64H106O6/c1-4-7-10-13-16-19-22-24-25-26-27-28-29-30-31-32-33-34-35-36-37-38-39-41-42-45-48-51-54-57-63(66)69-60-61(59-68-62(65)56-53-50-47-44-21-18-15-12-9-6-3)70-64(67)58-55-52-49-46-43-40-23-20-17-14-11-8-5-2/h7-8,10-12,15-17,19-20,24-25,27-28,30-31,40,43,61H,4-6,9,13-14,18,21-23,26,29,32-39,41-42,44-60H2,1-3H3/b10-7-,11-8-,15-12-,19-16-,20-17-,25-24-,28-27-,31-30-,43-40-. The van der Waals surface area contributed by atoms with Crippen molar-refractivity contribution in [3.8, 4) is 0 Å². The predicted octanol–water partition coefficient (Wildman–Crippen LogP) is 19.5. The monoisotopic (exact) mass is 971 g/mol. The number of hydrogen-bond acceptors (Lipinski definition) is 6. The number of hydrogen-bond donors (Lipinski definition) is 0. The summed E-state index contributed by atoms with van der Waals surface area (Å²) in [6.45, 7) is 6.31. The molecule has 6 nitrogen and oxygen atoms in total. The second-order valence-corrected chi connectivity index (χ2v) is 18.8. The van der Waals surface area contributed by atoms with Crippen molar-refractivity contribution in [1.29, 1.82) is 0 Å². The Balaban J connectivity index is 4.19. The molecule has 0 fully saturated rings. The number of carbonyl (C=O) groups is 3. The summed E-state index contributed by atoms with van der Waals surface area (Å²) >= 11 is 0. The van der Waals surface area contributed by atoms with Gasteiger partial charge in [-0.2, -0.15) is 0 Å². The van der Waals surface area contributed by atoms with Gasteiger partial charge in [-0.25, -0.2) is 0 Å². The van der Waals surface area contributed by atoms with Crippen LogP contribution in [0.3, 0.4) is 0 Å². The van der Waals surface area contributed by atoms with E-state index in [1.807, 2.05) is 0 Å². The number of rotatable bonds is 51. The summed E-state index contributed by atoms with van der Waals surface area (Å²) in [6.07, 6.45) is 78.2. The first-order chi connectivity index (χ1) is 34.5. The maximum atomic E-state index is 12.8. The summed E-state index contributed by atoms with van der Waals surface area (Å²) in [5.74, 6) is -0.936. The van der Waals surface area contributed by atoms with Gasteiger partial charge in [-0.1, -0.05) is 233 Å². The second kappa shape index (κ2) is 57.6. The smallest absolute Gasteiger partial charge is 0.306 e. The molecule has 1 atom stereocenters. The van der Waals surface area contributed by atoms with Gasteiger partial charge < -0.3 is 14.2 Å². The van der Waals surface area contributed by atoms with Crippen LogP contribution in [-0.2, 0) is 28.6 Å². The maximum absolute atomic E-state index is 12.8. The quantitative estimate of drug-likeness (QED) is 0.0262. The van der Waals surface area contributed by atoms with E-state index in [2.05, 4.69) is 130 Å².